The van der Waals surface area contributed by atoms with E-state index in [9.17, 15) is 8.42 Å². The molecule has 3 heterocycles. The fraction of sp³-hybridized carbons (Fsp3) is 0.0500. The second kappa shape index (κ2) is 7.71. The number of nitrogens with one attached hydrogen (secondary N) is 1. The van der Waals surface area contributed by atoms with E-state index in [2.05, 4.69) is 19.8 Å². The van der Waals surface area contributed by atoms with Crippen LogP contribution >= 0.6 is 0 Å². The van der Waals surface area contributed by atoms with Crippen molar-refractivity contribution in [2.75, 3.05) is 0 Å². The summed E-state index contributed by atoms with van der Waals surface area (Å²) in [5.74, 6) is 0. The van der Waals surface area contributed by atoms with Gasteiger partial charge in [-0.1, -0.05) is 0 Å². The number of sulfonamides is 1. The largest absolute Gasteiger partial charge is 0.265 e. The summed E-state index contributed by atoms with van der Waals surface area (Å²) in [6, 6.07) is 15.7. The zero-order chi connectivity index (χ0) is 19.4. The van der Waals surface area contributed by atoms with Crippen LogP contribution in [0.15, 0.2) is 90.5 Å². The number of hydrogen-bond donors (Lipinski definition) is 1. The maximum absolute atomic E-state index is 12.6. The van der Waals surface area contributed by atoms with Crippen molar-refractivity contribution in [2.45, 2.75) is 11.4 Å². The smallest absolute Gasteiger partial charge is 0.240 e. The number of aromatic nitrogens is 4. The Bertz CT molecular complexity index is 1160. The molecule has 4 rings (SSSR count). The molecule has 140 valence electrons. The number of nitrogens with zero attached hydrogens (tertiary/aromatic N) is 4. The Hall–Kier alpha value is -3.36. The third kappa shape index (κ3) is 3.98. The first-order valence-corrected chi connectivity index (χ1v) is 10.1. The summed E-state index contributed by atoms with van der Waals surface area (Å²) < 4.78 is 29.5. The molecule has 0 aliphatic heterocycles. The lowest BCUT2D eigenvalue weighted by Crippen LogP contribution is -2.23. The van der Waals surface area contributed by atoms with Gasteiger partial charge in [0.2, 0.25) is 10.0 Å². The van der Waals surface area contributed by atoms with Crippen LogP contribution in [0.2, 0.25) is 0 Å². The van der Waals surface area contributed by atoms with E-state index in [4.69, 9.17) is 0 Å². The van der Waals surface area contributed by atoms with Crippen LogP contribution in [0.25, 0.3) is 16.9 Å². The Morgan fingerprint density at radius 1 is 0.929 bits per heavy atom. The van der Waals surface area contributed by atoms with Gasteiger partial charge in [0.05, 0.1) is 16.3 Å². The minimum atomic E-state index is -3.63. The first-order valence-electron chi connectivity index (χ1n) is 8.57. The van der Waals surface area contributed by atoms with Gasteiger partial charge in [-0.3, -0.25) is 9.97 Å². The van der Waals surface area contributed by atoms with Gasteiger partial charge in [-0.2, -0.15) is 5.10 Å². The molecule has 0 aliphatic rings. The van der Waals surface area contributed by atoms with Crippen LogP contribution in [0.5, 0.6) is 0 Å². The zero-order valence-electron chi connectivity index (χ0n) is 14.8. The normalized spacial score (nSPS) is 11.4. The van der Waals surface area contributed by atoms with E-state index in [1.807, 2.05) is 18.2 Å². The maximum atomic E-state index is 12.6. The first kappa shape index (κ1) is 18.0. The van der Waals surface area contributed by atoms with Crippen LogP contribution in [0.4, 0.5) is 0 Å². The third-order valence-corrected chi connectivity index (χ3v) is 5.60. The van der Waals surface area contributed by atoms with Gasteiger partial charge in [-0.05, 0) is 60.2 Å². The molecule has 1 aromatic carbocycles. The maximum Gasteiger partial charge on any atom is 0.240 e. The monoisotopic (exact) mass is 391 g/mol. The number of rotatable bonds is 6. The SMILES string of the molecule is O=S(=O)(NCc1ccnc(-c2ccncc2)c1)c1ccc(-n2cccn2)cc1. The second-order valence-corrected chi connectivity index (χ2v) is 7.82. The molecular formula is C20H17N5O2S. The molecule has 7 nitrogen and oxygen atoms in total. The predicted octanol–water partition coefficient (Wildman–Crippen LogP) is 2.81. The Morgan fingerprint density at radius 2 is 1.71 bits per heavy atom. The summed E-state index contributed by atoms with van der Waals surface area (Å²) in [6.45, 7) is 0.170. The van der Waals surface area contributed by atoms with E-state index in [1.54, 1.807) is 72.1 Å². The van der Waals surface area contributed by atoms with E-state index in [-0.39, 0.29) is 11.4 Å². The van der Waals surface area contributed by atoms with Gasteiger partial charge in [0.1, 0.15) is 0 Å². The first-order chi connectivity index (χ1) is 13.6. The van der Waals surface area contributed by atoms with Crippen molar-refractivity contribution in [3.05, 3.63) is 91.1 Å². The van der Waals surface area contributed by atoms with Crippen LogP contribution in [-0.2, 0) is 16.6 Å². The number of hydrogen-bond acceptors (Lipinski definition) is 5. The van der Waals surface area contributed by atoms with Crippen molar-refractivity contribution in [1.29, 1.82) is 0 Å². The minimum Gasteiger partial charge on any atom is -0.265 e. The highest BCUT2D eigenvalue weighted by Crippen LogP contribution is 2.17. The highest BCUT2D eigenvalue weighted by molar-refractivity contribution is 7.89. The molecular weight excluding hydrogens is 374 g/mol. The van der Waals surface area contributed by atoms with Gasteiger partial charge in [-0.15, -0.1) is 0 Å². The van der Waals surface area contributed by atoms with Gasteiger partial charge in [0.25, 0.3) is 0 Å². The Balaban J connectivity index is 1.48. The van der Waals surface area contributed by atoms with Gasteiger partial charge in [-0.25, -0.2) is 17.8 Å². The van der Waals surface area contributed by atoms with E-state index in [0.717, 1.165) is 22.5 Å². The molecule has 0 radical (unpaired) electrons. The summed E-state index contributed by atoms with van der Waals surface area (Å²) in [5, 5.41) is 4.13. The molecule has 3 aromatic heterocycles. The molecule has 0 bridgehead atoms. The zero-order valence-corrected chi connectivity index (χ0v) is 15.6. The van der Waals surface area contributed by atoms with E-state index < -0.39 is 10.0 Å². The lowest BCUT2D eigenvalue weighted by Gasteiger charge is -2.09. The van der Waals surface area contributed by atoms with Crippen molar-refractivity contribution in [2.24, 2.45) is 0 Å². The lowest BCUT2D eigenvalue weighted by atomic mass is 10.1. The molecule has 0 saturated carbocycles. The van der Waals surface area contributed by atoms with E-state index in [1.165, 1.54) is 0 Å². The van der Waals surface area contributed by atoms with Gasteiger partial charge in [0.15, 0.2) is 0 Å². The van der Waals surface area contributed by atoms with Crippen molar-refractivity contribution >= 4 is 10.0 Å². The number of pyridine rings is 2. The fourth-order valence-corrected chi connectivity index (χ4v) is 3.74. The van der Waals surface area contributed by atoms with E-state index >= 15 is 0 Å². The summed E-state index contributed by atoms with van der Waals surface area (Å²) in [7, 11) is -3.63. The summed E-state index contributed by atoms with van der Waals surface area (Å²) >= 11 is 0. The fourth-order valence-electron chi connectivity index (χ4n) is 2.73. The molecule has 28 heavy (non-hydrogen) atoms. The average Bonchev–Trinajstić information content (AvgIpc) is 3.28. The Labute approximate surface area is 162 Å². The molecule has 0 amide bonds. The van der Waals surface area contributed by atoms with Crippen LogP contribution in [-0.4, -0.2) is 28.2 Å². The average molecular weight is 391 g/mol. The van der Waals surface area contributed by atoms with Crippen molar-refractivity contribution in [1.82, 2.24) is 24.5 Å². The predicted molar refractivity (Wildman–Crippen MR) is 105 cm³/mol. The molecule has 8 heteroatoms. The van der Waals surface area contributed by atoms with Crippen molar-refractivity contribution < 1.29 is 8.42 Å². The molecule has 0 saturated heterocycles. The highest BCUT2D eigenvalue weighted by Gasteiger charge is 2.14. The third-order valence-electron chi connectivity index (χ3n) is 4.18. The molecule has 0 atom stereocenters. The lowest BCUT2D eigenvalue weighted by molar-refractivity contribution is 0.581. The second-order valence-electron chi connectivity index (χ2n) is 6.05. The molecule has 0 unspecified atom stereocenters. The minimum absolute atomic E-state index is 0.170. The molecule has 0 fully saturated rings. The Morgan fingerprint density at radius 3 is 2.43 bits per heavy atom. The summed E-state index contributed by atoms with van der Waals surface area (Å²) in [6.07, 6.45) is 8.52. The quantitative estimate of drug-likeness (QED) is 0.546. The van der Waals surface area contributed by atoms with Gasteiger partial charge >= 0.3 is 0 Å². The van der Waals surface area contributed by atoms with Crippen LogP contribution < -0.4 is 4.72 Å². The van der Waals surface area contributed by atoms with Gasteiger partial charge < -0.3 is 0 Å². The molecule has 4 aromatic rings. The standard InChI is InChI=1S/C20H17N5O2S/c26-28(27,19-4-2-18(3-5-19)25-13-1-9-23-25)24-15-16-6-12-22-20(14-16)17-7-10-21-11-8-17/h1-14,24H,15H2. The van der Waals surface area contributed by atoms with Gasteiger partial charge in [0, 0.05) is 43.1 Å². The highest BCUT2D eigenvalue weighted by atomic mass is 32.2. The van der Waals surface area contributed by atoms with Crippen molar-refractivity contribution in [3.63, 3.8) is 0 Å². The van der Waals surface area contributed by atoms with Crippen LogP contribution in [0, 0.1) is 0 Å². The topological polar surface area (TPSA) is 89.8 Å². The van der Waals surface area contributed by atoms with Crippen LogP contribution in [0.1, 0.15) is 5.56 Å². The van der Waals surface area contributed by atoms with Crippen LogP contribution in [0.3, 0.4) is 0 Å². The Kier molecular flexibility index (Phi) is 4.96. The molecule has 0 spiro atoms. The molecule has 0 aliphatic carbocycles. The van der Waals surface area contributed by atoms with Crippen molar-refractivity contribution in [3.8, 4) is 16.9 Å². The molecule has 1 N–H and O–H groups in total. The van der Waals surface area contributed by atoms with E-state index in [0.29, 0.717) is 0 Å². The summed E-state index contributed by atoms with van der Waals surface area (Å²) in [4.78, 5) is 8.53. The summed E-state index contributed by atoms with van der Waals surface area (Å²) in [5.41, 5.74) is 3.30. The number of benzene rings is 1.